The number of aryl methyl sites for hydroxylation is 1. The largest absolute Gasteiger partial charge is 0.465 e. The molecule has 5 heteroatoms. The topological polar surface area (TPSA) is 55.8 Å². The molecular weight excluding hydrogens is 354 g/mol. The smallest absolute Gasteiger partial charge is 0.339 e. The standard InChI is InChI=1S/C23H21NO4/c1-16-12-14-17(15-13-16)24(20-10-6-4-8-18(20)22(25)27-2)21-11-7-5-9-19(21)23(26)28-3/h4-15H,1-3H3. The fourth-order valence-corrected chi connectivity index (χ4v) is 3.00. The van der Waals surface area contributed by atoms with Crippen molar-refractivity contribution in [2.45, 2.75) is 6.92 Å². The summed E-state index contributed by atoms with van der Waals surface area (Å²) in [5.74, 6) is -0.911. The molecule has 0 fully saturated rings. The first-order valence-electron chi connectivity index (χ1n) is 8.78. The zero-order chi connectivity index (χ0) is 20.1. The van der Waals surface area contributed by atoms with Crippen LogP contribution in [0.2, 0.25) is 0 Å². The maximum absolute atomic E-state index is 12.4. The summed E-state index contributed by atoms with van der Waals surface area (Å²) in [7, 11) is 2.69. The molecule has 0 aliphatic heterocycles. The molecular formula is C23H21NO4. The van der Waals surface area contributed by atoms with Crippen LogP contribution in [0.3, 0.4) is 0 Å². The van der Waals surface area contributed by atoms with Crippen LogP contribution in [0.15, 0.2) is 72.8 Å². The van der Waals surface area contributed by atoms with E-state index in [2.05, 4.69) is 0 Å². The van der Waals surface area contributed by atoms with Crippen molar-refractivity contribution in [1.29, 1.82) is 0 Å². The average Bonchev–Trinajstić information content (AvgIpc) is 2.75. The Morgan fingerprint density at radius 3 is 1.54 bits per heavy atom. The van der Waals surface area contributed by atoms with Crippen molar-refractivity contribution < 1.29 is 19.1 Å². The summed E-state index contributed by atoms with van der Waals surface area (Å²) in [6, 6.07) is 22.1. The summed E-state index contributed by atoms with van der Waals surface area (Å²) < 4.78 is 9.92. The Kier molecular flexibility index (Phi) is 5.75. The monoisotopic (exact) mass is 375 g/mol. The minimum atomic E-state index is -0.455. The first kappa shape index (κ1) is 19.2. The molecule has 0 saturated heterocycles. The highest BCUT2D eigenvalue weighted by molar-refractivity contribution is 6.02. The van der Waals surface area contributed by atoms with Gasteiger partial charge in [-0.25, -0.2) is 9.59 Å². The molecule has 0 aliphatic rings. The van der Waals surface area contributed by atoms with Crippen molar-refractivity contribution in [1.82, 2.24) is 0 Å². The molecule has 0 radical (unpaired) electrons. The van der Waals surface area contributed by atoms with Gasteiger partial charge in [-0.05, 0) is 43.3 Å². The van der Waals surface area contributed by atoms with Gasteiger partial charge in [0.1, 0.15) is 0 Å². The average molecular weight is 375 g/mol. The lowest BCUT2D eigenvalue weighted by Gasteiger charge is -2.28. The molecule has 0 bridgehead atoms. The van der Waals surface area contributed by atoms with E-state index in [9.17, 15) is 9.59 Å². The van der Waals surface area contributed by atoms with Gasteiger partial charge >= 0.3 is 11.9 Å². The first-order valence-corrected chi connectivity index (χ1v) is 8.78. The summed E-state index contributed by atoms with van der Waals surface area (Å²) >= 11 is 0. The quantitative estimate of drug-likeness (QED) is 0.585. The number of anilines is 3. The minimum absolute atomic E-state index is 0.394. The van der Waals surface area contributed by atoms with Gasteiger partial charge in [0.2, 0.25) is 0 Å². The van der Waals surface area contributed by atoms with E-state index >= 15 is 0 Å². The third-order valence-corrected chi connectivity index (χ3v) is 4.39. The predicted octanol–water partition coefficient (Wildman–Crippen LogP) is 5.04. The Morgan fingerprint density at radius 1 is 0.679 bits per heavy atom. The van der Waals surface area contributed by atoms with Crippen molar-refractivity contribution in [2.75, 3.05) is 19.1 Å². The molecule has 0 saturated carbocycles. The number of ether oxygens (including phenoxy) is 2. The van der Waals surface area contributed by atoms with E-state index in [4.69, 9.17) is 9.47 Å². The number of nitrogens with zero attached hydrogens (tertiary/aromatic N) is 1. The third kappa shape index (κ3) is 3.74. The van der Waals surface area contributed by atoms with E-state index in [0.717, 1.165) is 11.3 Å². The van der Waals surface area contributed by atoms with Crippen LogP contribution >= 0.6 is 0 Å². The molecule has 0 atom stereocenters. The van der Waals surface area contributed by atoms with Crippen LogP contribution in [0, 0.1) is 6.92 Å². The molecule has 0 amide bonds. The van der Waals surface area contributed by atoms with Gasteiger partial charge in [-0.2, -0.15) is 0 Å². The highest BCUT2D eigenvalue weighted by Crippen LogP contribution is 2.38. The van der Waals surface area contributed by atoms with Crippen LogP contribution in [0.25, 0.3) is 0 Å². The Bertz CT molecular complexity index is 936. The fourth-order valence-electron chi connectivity index (χ4n) is 3.00. The molecule has 142 valence electrons. The summed E-state index contributed by atoms with van der Waals surface area (Å²) in [6.07, 6.45) is 0. The molecule has 28 heavy (non-hydrogen) atoms. The Morgan fingerprint density at radius 2 is 1.11 bits per heavy atom. The maximum atomic E-state index is 12.4. The van der Waals surface area contributed by atoms with Gasteiger partial charge in [0.25, 0.3) is 0 Å². The molecule has 0 N–H and O–H groups in total. The number of methoxy groups -OCH3 is 2. The summed E-state index contributed by atoms with van der Waals surface area (Å²) in [6.45, 7) is 2.00. The third-order valence-electron chi connectivity index (χ3n) is 4.39. The van der Waals surface area contributed by atoms with Crippen molar-refractivity contribution >= 4 is 29.0 Å². The Labute approximate surface area is 164 Å². The van der Waals surface area contributed by atoms with Crippen molar-refractivity contribution in [3.63, 3.8) is 0 Å². The number of hydrogen-bond donors (Lipinski definition) is 0. The number of rotatable bonds is 5. The minimum Gasteiger partial charge on any atom is -0.465 e. The lowest BCUT2D eigenvalue weighted by Crippen LogP contribution is -2.18. The molecule has 3 aromatic carbocycles. The molecule has 3 aromatic rings. The fraction of sp³-hybridized carbons (Fsp3) is 0.130. The molecule has 5 nitrogen and oxygen atoms in total. The van der Waals surface area contributed by atoms with Gasteiger partial charge in [0.05, 0.1) is 36.7 Å². The Hall–Kier alpha value is -3.60. The zero-order valence-electron chi connectivity index (χ0n) is 16.0. The van der Waals surface area contributed by atoms with E-state index in [1.165, 1.54) is 14.2 Å². The van der Waals surface area contributed by atoms with E-state index in [1.54, 1.807) is 24.3 Å². The van der Waals surface area contributed by atoms with Crippen LogP contribution in [0.1, 0.15) is 26.3 Å². The molecule has 0 heterocycles. The predicted molar refractivity (Wildman–Crippen MR) is 109 cm³/mol. The van der Waals surface area contributed by atoms with E-state index in [-0.39, 0.29) is 0 Å². The van der Waals surface area contributed by atoms with Gasteiger partial charge in [-0.1, -0.05) is 42.0 Å². The molecule has 0 unspecified atom stereocenters. The van der Waals surface area contributed by atoms with E-state index in [0.29, 0.717) is 22.5 Å². The van der Waals surface area contributed by atoms with E-state index in [1.807, 2.05) is 60.4 Å². The van der Waals surface area contributed by atoms with Gasteiger partial charge in [0.15, 0.2) is 0 Å². The lowest BCUT2D eigenvalue weighted by atomic mass is 10.1. The van der Waals surface area contributed by atoms with Crippen LogP contribution < -0.4 is 4.90 Å². The van der Waals surface area contributed by atoms with Crippen molar-refractivity contribution in [2.24, 2.45) is 0 Å². The number of carbonyl (C=O) groups is 2. The maximum Gasteiger partial charge on any atom is 0.339 e. The number of para-hydroxylation sites is 2. The second kappa shape index (κ2) is 8.39. The second-order valence-corrected chi connectivity index (χ2v) is 6.19. The highest BCUT2D eigenvalue weighted by Gasteiger charge is 2.24. The van der Waals surface area contributed by atoms with E-state index < -0.39 is 11.9 Å². The molecule has 0 aromatic heterocycles. The van der Waals surface area contributed by atoms with Crippen molar-refractivity contribution in [3.05, 3.63) is 89.5 Å². The normalized spacial score (nSPS) is 10.2. The van der Waals surface area contributed by atoms with Gasteiger partial charge in [-0.3, -0.25) is 0 Å². The highest BCUT2D eigenvalue weighted by atomic mass is 16.5. The van der Waals surface area contributed by atoms with Gasteiger partial charge in [0, 0.05) is 5.69 Å². The lowest BCUT2D eigenvalue weighted by molar-refractivity contribution is 0.0594. The van der Waals surface area contributed by atoms with Gasteiger partial charge in [-0.15, -0.1) is 0 Å². The van der Waals surface area contributed by atoms with Crippen molar-refractivity contribution in [3.8, 4) is 0 Å². The molecule has 0 aliphatic carbocycles. The number of carbonyl (C=O) groups excluding carboxylic acids is 2. The number of esters is 2. The summed E-state index contributed by atoms with van der Waals surface area (Å²) in [5.41, 5.74) is 3.91. The Balaban J connectivity index is 2.29. The zero-order valence-corrected chi connectivity index (χ0v) is 16.0. The molecule has 3 rings (SSSR count). The van der Waals surface area contributed by atoms with Gasteiger partial charge < -0.3 is 14.4 Å². The van der Waals surface area contributed by atoms with Crippen LogP contribution in [0.5, 0.6) is 0 Å². The summed E-state index contributed by atoms with van der Waals surface area (Å²) in [5, 5.41) is 0. The number of hydrogen-bond acceptors (Lipinski definition) is 5. The molecule has 0 spiro atoms. The second-order valence-electron chi connectivity index (χ2n) is 6.19. The van der Waals surface area contributed by atoms with Crippen LogP contribution in [-0.4, -0.2) is 26.2 Å². The van der Waals surface area contributed by atoms with Crippen LogP contribution in [0.4, 0.5) is 17.1 Å². The van der Waals surface area contributed by atoms with Crippen LogP contribution in [-0.2, 0) is 9.47 Å². The first-order chi connectivity index (χ1) is 13.6. The SMILES string of the molecule is COC(=O)c1ccccc1N(c1ccc(C)cc1)c1ccccc1C(=O)OC. The summed E-state index contributed by atoms with van der Waals surface area (Å²) in [4.78, 5) is 26.6. The number of benzene rings is 3.